The van der Waals surface area contributed by atoms with Crippen molar-refractivity contribution in [2.24, 2.45) is 0 Å². The van der Waals surface area contributed by atoms with Crippen LogP contribution in [0.2, 0.25) is 0 Å². The lowest BCUT2D eigenvalue weighted by Gasteiger charge is -2.30. The zero-order chi connectivity index (χ0) is 15.6. The highest BCUT2D eigenvalue weighted by Gasteiger charge is 2.32. The molecular weight excluding hydrogens is 292 g/mol. The second-order valence-corrected chi connectivity index (χ2v) is 5.66. The number of hydrogen-bond acceptors (Lipinski definition) is 4. The number of nitrogens with zero attached hydrogens (tertiary/aromatic N) is 1. The number of benzene rings is 2. The van der Waals surface area contributed by atoms with Crippen molar-refractivity contribution in [1.82, 2.24) is 5.32 Å². The van der Waals surface area contributed by atoms with Gasteiger partial charge in [-0.25, -0.2) is 0 Å². The molecule has 1 amide bonds. The lowest BCUT2D eigenvalue weighted by molar-refractivity contribution is -0.127. The third kappa shape index (κ3) is 2.64. The van der Waals surface area contributed by atoms with Crippen LogP contribution >= 0.6 is 0 Å². The maximum Gasteiger partial charge on any atom is 0.271 e. The predicted molar refractivity (Wildman–Crippen MR) is 86.9 cm³/mol. The van der Waals surface area contributed by atoms with E-state index >= 15 is 0 Å². The zero-order valence-electron chi connectivity index (χ0n) is 12.7. The summed E-state index contributed by atoms with van der Waals surface area (Å²) in [6, 6.07) is 15.4. The van der Waals surface area contributed by atoms with E-state index in [1.807, 2.05) is 48.5 Å². The average molecular weight is 310 g/mol. The molecule has 1 N–H and O–H groups in total. The van der Waals surface area contributed by atoms with Crippen molar-refractivity contribution < 1.29 is 14.3 Å². The number of anilines is 1. The molecule has 5 nitrogen and oxygen atoms in total. The van der Waals surface area contributed by atoms with Gasteiger partial charge in [0.05, 0.1) is 0 Å². The first kappa shape index (κ1) is 14.1. The Bertz CT molecular complexity index is 732. The summed E-state index contributed by atoms with van der Waals surface area (Å²) in [4.78, 5) is 14.8. The van der Waals surface area contributed by atoms with Gasteiger partial charge in [-0.1, -0.05) is 30.3 Å². The fourth-order valence-electron chi connectivity index (χ4n) is 3.00. The second kappa shape index (κ2) is 5.93. The van der Waals surface area contributed by atoms with Crippen molar-refractivity contribution in [3.63, 3.8) is 0 Å². The summed E-state index contributed by atoms with van der Waals surface area (Å²) in [5.74, 6) is 1.25. The lowest BCUT2D eigenvalue weighted by Crippen LogP contribution is -2.47. The maximum atomic E-state index is 13.0. The molecule has 0 fully saturated rings. The summed E-state index contributed by atoms with van der Waals surface area (Å²) in [5, 5.41) is 3.34. The van der Waals surface area contributed by atoms with E-state index in [1.165, 1.54) is 0 Å². The van der Waals surface area contributed by atoms with Gasteiger partial charge in [0.1, 0.15) is 6.61 Å². The molecule has 1 atom stereocenters. The highest BCUT2D eigenvalue weighted by Crippen LogP contribution is 2.32. The fourth-order valence-corrected chi connectivity index (χ4v) is 3.00. The lowest BCUT2D eigenvalue weighted by atomic mass is 10.1. The summed E-state index contributed by atoms with van der Waals surface area (Å²) in [5.41, 5.74) is 2.07. The summed E-state index contributed by atoms with van der Waals surface area (Å²) in [6.07, 6.45) is -0.615. The van der Waals surface area contributed by atoms with E-state index in [2.05, 4.69) is 5.32 Å². The Labute approximate surface area is 134 Å². The maximum absolute atomic E-state index is 13.0. The Morgan fingerprint density at radius 3 is 2.78 bits per heavy atom. The number of ether oxygens (including phenoxy) is 2. The monoisotopic (exact) mass is 310 g/mol. The van der Waals surface area contributed by atoms with Crippen molar-refractivity contribution in [2.45, 2.75) is 12.6 Å². The molecule has 0 radical (unpaired) electrons. The van der Waals surface area contributed by atoms with Gasteiger partial charge in [-0.3, -0.25) is 4.79 Å². The molecule has 0 spiro atoms. The van der Waals surface area contributed by atoms with Gasteiger partial charge in [0.15, 0.2) is 11.5 Å². The fraction of sp³-hybridized carbons (Fsp3) is 0.278. The zero-order valence-corrected chi connectivity index (χ0v) is 12.7. The van der Waals surface area contributed by atoms with Gasteiger partial charge < -0.3 is 19.7 Å². The van der Waals surface area contributed by atoms with Gasteiger partial charge in [0, 0.05) is 25.3 Å². The van der Waals surface area contributed by atoms with E-state index in [1.54, 1.807) is 4.90 Å². The minimum absolute atomic E-state index is 0.0596. The van der Waals surface area contributed by atoms with E-state index in [4.69, 9.17) is 9.47 Å². The van der Waals surface area contributed by atoms with E-state index in [0.29, 0.717) is 18.0 Å². The van der Waals surface area contributed by atoms with Crippen LogP contribution in [0, 0.1) is 0 Å². The summed E-state index contributed by atoms with van der Waals surface area (Å²) in [6.45, 7) is 2.38. The molecule has 1 unspecified atom stereocenters. The Kier molecular flexibility index (Phi) is 3.63. The van der Waals surface area contributed by atoms with Crippen LogP contribution in [0.5, 0.6) is 11.5 Å². The molecule has 23 heavy (non-hydrogen) atoms. The van der Waals surface area contributed by atoms with Crippen LogP contribution in [0.25, 0.3) is 0 Å². The van der Waals surface area contributed by atoms with E-state index in [9.17, 15) is 4.79 Å². The standard InChI is InChI=1S/C18H18N2O3/c21-18(17-12-22-15-7-3-4-8-16(15)23-17)20-10-9-19-11-13-5-1-2-6-14(13)20/h1-8,17,19H,9-12H2. The number of rotatable bonds is 1. The number of carbonyl (C=O) groups is 1. The SMILES string of the molecule is O=C(C1COc2ccccc2O1)N1CCNCc2ccccc21. The van der Waals surface area contributed by atoms with Crippen molar-refractivity contribution in [2.75, 3.05) is 24.6 Å². The van der Waals surface area contributed by atoms with Crippen LogP contribution in [-0.4, -0.2) is 31.7 Å². The molecule has 2 aliphatic heterocycles. The first-order valence-electron chi connectivity index (χ1n) is 7.81. The number of para-hydroxylation sites is 3. The van der Waals surface area contributed by atoms with Crippen molar-refractivity contribution >= 4 is 11.6 Å². The van der Waals surface area contributed by atoms with Crippen molar-refractivity contribution in [3.05, 3.63) is 54.1 Å². The molecule has 0 saturated carbocycles. The summed E-state index contributed by atoms with van der Waals surface area (Å²) >= 11 is 0. The third-order valence-corrected chi connectivity index (χ3v) is 4.16. The van der Waals surface area contributed by atoms with Crippen LogP contribution in [0.3, 0.4) is 0 Å². The number of nitrogens with one attached hydrogen (secondary N) is 1. The first-order chi connectivity index (χ1) is 11.3. The number of carbonyl (C=O) groups excluding carboxylic acids is 1. The summed E-state index contributed by atoms with van der Waals surface area (Å²) < 4.78 is 11.5. The quantitative estimate of drug-likeness (QED) is 0.875. The van der Waals surface area contributed by atoms with E-state index in [0.717, 1.165) is 24.3 Å². The Morgan fingerprint density at radius 2 is 1.87 bits per heavy atom. The minimum atomic E-state index is -0.615. The molecule has 2 aromatic carbocycles. The molecule has 0 aromatic heterocycles. The smallest absolute Gasteiger partial charge is 0.271 e. The summed E-state index contributed by atoms with van der Waals surface area (Å²) in [7, 11) is 0. The number of amides is 1. The molecule has 2 aliphatic rings. The van der Waals surface area contributed by atoms with Crippen molar-refractivity contribution in [3.8, 4) is 11.5 Å². The largest absolute Gasteiger partial charge is 0.485 e. The van der Waals surface area contributed by atoms with Crippen LogP contribution in [0.15, 0.2) is 48.5 Å². The Balaban J connectivity index is 1.60. The number of fused-ring (bicyclic) bond motifs is 2. The van der Waals surface area contributed by atoms with Gasteiger partial charge in [0.25, 0.3) is 5.91 Å². The van der Waals surface area contributed by atoms with Gasteiger partial charge in [-0.05, 0) is 23.8 Å². The first-order valence-corrected chi connectivity index (χ1v) is 7.81. The predicted octanol–water partition coefficient (Wildman–Crippen LogP) is 1.96. The van der Waals surface area contributed by atoms with Crippen LogP contribution < -0.4 is 19.7 Å². The molecule has 2 heterocycles. The molecule has 2 aromatic rings. The van der Waals surface area contributed by atoms with Crippen LogP contribution in [-0.2, 0) is 11.3 Å². The normalized spacial score (nSPS) is 19.7. The van der Waals surface area contributed by atoms with Gasteiger partial charge >= 0.3 is 0 Å². The highest BCUT2D eigenvalue weighted by molar-refractivity contribution is 5.98. The highest BCUT2D eigenvalue weighted by atomic mass is 16.6. The molecule has 0 bridgehead atoms. The van der Waals surface area contributed by atoms with Crippen molar-refractivity contribution in [1.29, 1.82) is 0 Å². The molecule has 0 saturated heterocycles. The third-order valence-electron chi connectivity index (χ3n) is 4.16. The number of hydrogen-bond donors (Lipinski definition) is 1. The Hall–Kier alpha value is -2.53. The molecule has 118 valence electrons. The average Bonchev–Trinajstić information content (AvgIpc) is 2.83. The second-order valence-electron chi connectivity index (χ2n) is 5.66. The molecule has 4 rings (SSSR count). The molecule has 5 heteroatoms. The van der Waals surface area contributed by atoms with Crippen LogP contribution in [0.4, 0.5) is 5.69 Å². The molecule has 0 aliphatic carbocycles. The van der Waals surface area contributed by atoms with E-state index in [-0.39, 0.29) is 12.5 Å². The van der Waals surface area contributed by atoms with Gasteiger partial charge in [0.2, 0.25) is 6.10 Å². The topological polar surface area (TPSA) is 50.8 Å². The Morgan fingerprint density at radius 1 is 1.09 bits per heavy atom. The van der Waals surface area contributed by atoms with Gasteiger partial charge in [-0.2, -0.15) is 0 Å². The van der Waals surface area contributed by atoms with Gasteiger partial charge in [-0.15, -0.1) is 0 Å². The van der Waals surface area contributed by atoms with Crippen LogP contribution in [0.1, 0.15) is 5.56 Å². The van der Waals surface area contributed by atoms with E-state index < -0.39 is 6.10 Å². The minimum Gasteiger partial charge on any atom is -0.485 e. The molecular formula is C18H18N2O3.